The molecule has 0 fully saturated rings. The van der Waals surface area contributed by atoms with Gasteiger partial charge < -0.3 is 16.4 Å². The summed E-state index contributed by atoms with van der Waals surface area (Å²) in [4.78, 5) is 11.6. The van der Waals surface area contributed by atoms with Gasteiger partial charge in [-0.15, -0.1) is 0 Å². The Morgan fingerprint density at radius 3 is 2.40 bits per heavy atom. The Kier molecular flexibility index (Phi) is 7.34. The van der Waals surface area contributed by atoms with Crippen molar-refractivity contribution in [2.45, 2.75) is 46.2 Å². The second-order valence-corrected chi connectivity index (χ2v) is 4.12. The molecule has 3 atom stereocenters. The van der Waals surface area contributed by atoms with E-state index in [2.05, 4.69) is 10.6 Å². The van der Waals surface area contributed by atoms with E-state index in [9.17, 15) is 4.79 Å². The fourth-order valence-electron chi connectivity index (χ4n) is 1.30. The van der Waals surface area contributed by atoms with Crippen molar-refractivity contribution in [3.8, 4) is 0 Å². The first-order chi connectivity index (χ1) is 7.02. The normalized spacial score (nSPS) is 16.9. The smallest absolute Gasteiger partial charge is 0.237 e. The maximum absolute atomic E-state index is 11.6. The summed E-state index contributed by atoms with van der Waals surface area (Å²) in [6.07, 6.45) is 0.928. The van der Waals surface area contributed by atoms with Gasteiger partial charge in [-0.2, -0.15) is 0 Å². The molecule has 0 aliphatic carbocycles. The van der Waals surface area contributed by atoms with Gasteiger partial charge in [-0.05, 0) is 19.4 Å². The van der Waals surface area contributed by atoms with Gasteiger partial charge in [0, 0.05) is 12.6 Å². The van der Waals surface area contributed by atoms with Crippen LogP contribution < -0.4 is 16.4 Å². The van der Waals surface area contributed by atoms with Crippen LogP contribution in [0, 0.1) is 5.92 Å². The third-order valence-corrected chi connectivity index (χ3v) is 2.69. The summed E-state index contributed by atoms with van der Waals surface area (Å²) in [6.45, 7) is 9.67. The Bertz CT molecular complexity index is 185. The zero-order valence-corrected chi connectivity index (χ0v) is 10.3. The van der Waals surface area contributed by atoms with Crippen molar-refractivity contribution in [1.82, 2.24) is 10.6 Å². The molecule has 0 saturated carbocycles. The number of hydrogen-bond donors (Lipinski definition) is 3. The SMILES string of the molecule is CCN[C@H](C)CNC(=O)C(N)C(C)CC. The maximum atomic E-state index is 11.6. The summed E-state index contributed by atoms with van der Waals surface area (Å²) in [5.41, 5.74) is 5.80. The Hall–Kier alpha value is -0.610. The fraction of sp³-hybridized carbons (Fsp3) is 0.909. The molecule has 0 radical (unpaired) electrons. The lowest BCUT2D eigenvalue weighted by Crippen LogP contribution is -2.48. The molecule has 0 rings (SSSR count). The molecular formula is C11H25N3O. The van der Waals surface area contributed by atoms with E-state index in [4.69, 9.17) is 5.73 Å². The zero-order valence-electron chi connectivity index (χ0n) is 10.3. The van der Waals surface area contributed by atoms with E-state index >= 15 is 0 Å². The van der Waals surface area contributed by atoms with Crippen LogP contribution in [0.2, 0.25) is 0 Å². The van der Waals surface area contributed by atoms with Crippen LogP contribution in [-0.2, 0) is 4.79 Å². The lowest BCUT2D eigenvalue weighted by Gasteiger charge is -2.19. The van der Waals surface area contributed by atoms with E-state index in [0.717, 1.165) is 13.0 Å². The first kappa shape index (κ1) is 14.4. The van der Waals surface area contributed by atoms with Gasteiger partial charge in [-0.1, -0.05) is 27.2 Å². The van der Waals surface area contributed by atoms with Gasteiger partial charge in [-0.25, -0.2) is 0 Å². The van der Waals surface area contributed by atoms with Crippen molar-refractivity contribution in [2.24, 2.45) is 11.7 Å². The zero-order chi connectivity index (χ0) is 11.8. The van der Waals surface area contributed by atoms with E-state index in [-0.39, 0.29) is 17.9 Å². The second kappa shape index (κ2) is 7.65. The predicted octanol–water partition coefficient (Wildman–Crippen LogP) is 0.474. The quantitative estimate of drug-likeness (QED) is 0.578. The highest BCUT2D eigenvalue weighted by molar-refractivity contribution is 5.81. The van der Waals surface area contributed by atoms with E-state index in [0.29, 0.717) is 12.6 Å². The number of carbonyl (C=O) groups excluding carboxylic acids is 1. The van der Waals surface area contributed by atoms with E-state index < -0.39 is 0 Å². The molecule has 4 N–H and O–H groups in total. The van der Waals surface area contributed by atoms with Crippen LogP contribution in [-0.4, -0.2) is 31.1 Å². The third-order valence-electron chi connectivity index (χ3n) is 2.69. The number of carbonyl (C=O) groups is 1. The molecule has 0 aliphatic heterocycles. The van der Waals surface area contributed by atoms with Crippen molar-refractivity contribution in [2.75, 3.05) is 13.1 Å². The van der Waals surface area contributed by atoms with Crippen molar-refractivity contribution in [3.05, 3.63) is 0 Å². The van der Waals surface area contributed by atoms with Gasteiger partial charge in [0.2, 0.25) is 5.91 Å². The van der Waals surface area contributed by atoms with Crippen LogP contribution in [0.25, 0.3) is 0 Å². The summed E-state index contributed by atoms with van der Waals surface area (Å²) < 4.78 is 0. The van der Waals surface area contributed by atoms with Crippen molar-refractivity contribution in [3.63, 3.8) is 0 Å². The van der Waals surface area contributed by atoms with E-state index in [1.807, 2.05) is 27.7 Å². The summed E-state index contributed by atoms with van der Waals surface area (Å²) in [5.74, 6) is 0.188. The van der Waals surface area contributed by atoms with Crippen LogP contribution in [0.4, 0.5) is 0 Å². The topological polar surface area (TPSA) is 67.1 Å². The molecule has 0 heterocycles. The third kappa shape index (κ3) is 5.74. The molecule has 4 nitrogen and oxygen atoms in total. The highest BCUT2D eigenvalue weighted by Crippen LogP contribution is 2.04. The monoisotopic (exact) mass is 215 g/mol. The van der Waals surface area contributed by atoms with Crippen LogP contribution in [0.1, 0.15) is 34.1 Å². The van der Waals surface area contributed by atoms with Crippen LogP contribution >= 0.6 is 0 Å². The van der Waals surface area contributed by atoms with Gasteiger partial charge >= 0.3 is 0 Å². The van der Waals surface area contributed by atoms with Crippen molar-refractivity contribution >= 4 is 5.91 Å². The highest BCUT2D eigenvalue weighted by atomic mass is 16.2. The molecule has 0 aromatic carbocycles. The molecule has 0 spiro atoms. The predicted molar refractivity (Wildman–Crippen MR) is 63.6 cm³/mol. The van der Waals surface area contributed by atoms with Gasteiger partial charge in [0.1, 0.15) is 0 Å². The minimum atomic E-state index is -0.385. The lowest BCUT2D eigenvalue weighted by molar-refractivity contribution is -0.123. The minimum Gasteiger partial charge on any atom is -0.353 e. The van der Waals surface area contributed by atoms with E-state index in [1.54, 1.807) is 0 Å². The molecule has 0 saturated heterocycles. The largest absolute Gasteiger partial charge is 0.353 e. The summed E-state index contributed by atoms with van der Waals surface area (Å²) in [7, 11) is 0. The molecule has 0 aliphatic rings. The molecule has 0 bridgehead atoms. The van der Waals surface area contributed by atoms with Crippen LogP contribution in [0.3, 0.4) is 0 Å². The number of nitrogens with one attached hydrogen (secondary N) is 2. The number of hydrogen-bond acceptors (Lipinski definition) is 3. The molecular weight excluding hydrogens is 190 g/mol. The molecule has 0 aromatic heterocycles. The first-order valence-electron chi connectivity index (χ1n) is 5.79. The molecule has 2 unspecified atom stereocenters. The summed E-state index contributed by atoms with van der Waals surface area (Å²) in [6, 6.07) is -0.0908. The Labute approximate surface area is 93.0 Å². The molecule has 0 aromatic rings. The summed E-state index contributed by atoms with van der Waals surface area (Å²) in [5, 5.41) is 6.08. The van der Waals surface area contributed by atoms with Gasteiger partial charge in [-0.3, -0.25) is 4.79 Å². The standard InChI is InChI=1S/C11H25N3O/c1-5-8(3)10(12)11(15)14-7-9(4)13-6-2/h8-10,13H,5-7,12H2,1-4H3,(H,14,15)/t8?,9-,10?/m1/s1. The van der Waals surface area contributed by atoms with E-state index in [1.165, 1.54) is 0 Å². The molecule has 1 amide bonds. The number of nitrogens with two attached hydrogens (primary N) is 1. The minimum absolute atomic E-state index is 0.0471. The number of rotatable bonds is 7. The van der Waals surface area contributed by atoms with Crippen molar-refractivity contribution in [1.29, 1.82) is 0 Å². The Morgan fingerprint density at radius 1 is 1.33 bits per heavy atom. The molecule has 90 valence electrons. The highest BCUT2D eigenvalue weighted by Gasteiger charge is 2.19. The van der Waals surface area contributed by atoms with Crippen LogP contribution in [0.15, 0.2) is 0 Å². The summed E-state index contributed by atoms with van der Waals surface area (Å²) >= 11 is 0. The van der Waals surface area contributed by atoms with Crippen molar-refractivity contribution < 1.29 is 4.79 Å². The molecule has 15 heavy (non-hydrogen) atoms. The lowest BCUT2D eigenvalue weighted by atomic mass is 9.99. The van der Waals surface area contributed by atoms with Gasteiger partial charge in [0.25, 0.3) is 0 Å². The second-order valence-electron chi connectivity index (χ2n) is 4.12. The van der Waals surface area contributed by atoms with Crippen LogP contribution in [0.5, 0.6) is 0 Å². The van der Waals surface area contributed by atoms with Gasteiger partial charge in [0.05, 0.1) is 6.04 Å². The number of likely N-dealkylation sites (N-methyl/N-ethyl adjacent to an activating group) is 1. The van der Waals surface area contributed by atoms with Gasteiger partial charge in [0.15, 0.2) is 0 Å². The average molecular weight is 215 g/mol. The first-order valence-corrected chi connectivity index (χ1v) is 5.79. The number of amides is 1. The maximum Gasteiger partial charge on any atom is 0.237 e. The molecule has 4 heteroatoms. The Balaban J connectivity index is 3.82. The average Bonchev–Trinajstić information content (AvgIpc) is 2.24. The Morgan fingerprint density at radius 2 is 1.93 bits per heavy atom. The fourth-order valence-corrected chi connectivity index (χ4v) is 1.30.